The zero-order valence-electron chi connectivity index (χ0n) is 12.2. The molecule has 0 saturated heterocycles. The molecule has 0 unspecified atom stereocenters. The molecule has 0 bridgehead atoms. The first-order valence-corrected chi connectivity index (χ1v) is 6.42. The number of carbonyl (C=O) groups excluding carboxylic acids is 1. The lowest BCUT2D eigenvalue weighted by Gasteiger charge is -2.00. The van der Waals surface area contributed by atoms with Gasteiger partial charge in [-0.1, -0.05) is 30.0 Å². The van der Waals surface area contributed by atoms with Gasteiger partial charge < -0.3 is 5.32 Å². The second kappa shape index (κ2) is 8.25. The number of aryl methyl sites for hydroxylation is 1. The highest BCUT2D eigenvalue weighted by atomic mass is 16.1. The third-order valence-corrected chi connectivity index (χ3v) is 2.53. The Morgan fingerprint density at radius 3 is 2.05 bits per heavy atom. The van der Waals surface area contributed by atoms with E-state index in [1.165, 1.54) is 12.5 Å². The van der Waals surface area contributed by atoms with Crippen LogP contribution in [-0.2, 0) is 4.79 Å². The predicted octanol–water partition coefficient (Wildman–Crippen LogP) is 3.60. The van der Waals surface area contributed by atoms with Gasteiger partial charge in [-0.3, -0.25) is 4.79 Å². The van der Waals surface area contributed by atoms with E-state index in [9.17, 15) is 4.79 Å². The summed E-state index contributed by atoms with van der Waals surface area (Å²) >= 11 is 0. The number of hydrogen-bond donors (Lipinski definition) is 1. The third-order valence-electron chi connectivity index (χ3n) is 2.53. The van der Waals surface area contributed by atoms with Crippen LogP contribution in [0.2, 0.25) is 0 Å². The lowest BCUT2D eigenvalue weighted by molar-refractivity contribution is -0.114. The first kappa shape index (κ1) is 16.1. The maximum atomic E-state index is 10.7. The number of nitrogens with one attached hydrogen (secondary N) is 1. The average molecular weight is 275 g/mol. The molecule has 21 heavy (non-hydrogen) atoms. The fourth-order valence-electron chi connectivity index (χ4n) is 1.62. The fourth-order valence-corrected chi connectivity index (χ4v) is 1.62. The van der Waals surface area contributed by atoms with Crippen molar-refractivity contribution in [2.75, 3.05) is 5.32 Å². The van der Waals surface area contributed by atoms with Crippen LogP contribution in [0.4, 0.5) is 5.69 Å². The lowest BCUT2D eigenvalue weighted by Crippen LogP contribution is -2.05. The maximum Gasteiger partial charge on any atom is 0.221 e. The van der Waals surface area contributed by atoms with Crippen molar-refractivity contribution in [3.05, 3.63) is 65.2 Å². The van der Waals surface area contributed by atoms with Gasteiger partial charge in [0.2, 0.25) is 5.91 Å². The molecule has 0 aliphatic heterocycles. The number of benzene rings is 2. The van der Waals surface area contributed by atoms with Gasteiger partial charge in [0.25, 0.3) is 0 Å². The van der Waals surface area contributed by atoms with Crippen LogP contribution in [0.5, 0.6) is 0 Å². The van der Waals surface area contributed by atoms with Crippen molar-refractivity contribution in [3.63, 3.8) is 0 Å². The Labute approximate surface area is 126 Å². The Bertz CT molecular complexity index is 702. The molecule has 0 atom stereocenters. The van der Waals surface area contributed by atoms with Crippen molar-refractivity contribution in [3.8, 4) is 24.7 Å². The second-order valence-electron chi connectivity index (χ2n) is 4.42. The molecule has 2 aromatic rings. The van der Waals surface area contributed by atoms with Gasteiger partial charge in [-0.25, -0.2) is 0 Å². The molecular formula is C19H17NO. The van der Waals surface area contributed by atoms with Gasteiger partial charge in [0.1, 0.15) is 0 Å². The summed E-state index contributed by atoms with van der Waals surface area (Å²) in [6.45, 7) is 3.49. The minimum atomic E-state index is -0.0934. The number of hydrogen-bond acceptors (Lipinski definition) is 1. The lowest BCUT2D eigenvalue weighted by atomic mass is 10.1. The van der Waals surface area contributed by atoms with Crippen LogP contribution in [0, 0.1) is 31.6 Å². The standard InChI is InChI=1S/C10H9NO.C9H8/c1-3-9-5-4-6-10(7-9)11-8(2)12;1-3-9-6-4-5-8(2)7-9/h1,4-7H,2H3,(H,11,12);1,4-7H,2H3. The van der Waals surface area contributed by atoms with Crippen LogP contribution in [0.25, 0.3) is 0 Å². The fraction of sp³-hybridized carbons (Fsp3) is 0.105. The first-order chi connectivity index (χ1) is 10.0. The molecule has 2 rings (SSSR count). The summed E-state index contributed by atoms with van der Waals surface area (Å²) in [5.41, 5.74) is 3.67. The first-order valence-electron chi connectivity index (χ1n) is 6.42. The highest BCUT2D eigenvalue weighted by Gasteiger charge is 1.94. The average Bonchev–Trinajstić information content (AvgIpc) is 2.47. The summed E-state index contributed by atoms with van der Waals surface area (Å²) in [6, 6.07) is 15.1. The molecule has 0 aliphatic carbocycles. The zero-order chi connectivity index (χ0) is 15.7. The van der Waals surface area contributed by atoms with Gasteiger partial charge in [0.05, 0.1) is 0 Å². The summed E-state index contributed by atoms with van der Waals surface area (Å²) < 4.78 is 0. The molecule has 0 radical (unpaired) electrons. The van der Waals surface area contributed by atoms with Gasteiger partial charge >= 0.3 is 0 Å². The van der Waals surface area contributed by atoms with Crippen LogP contribution < -0.4 is 5.32 Å². The normalized spacial score (nSPS) is 8.57. The molecule has 1 amide bonds. The van der Waals surface area contributed by atoms with E-state index in [1.54, 1.807) is 18.2 Å². The largest absolute Gasteiger partial charge is 0.326 e. The van der Waals surface area contributed by atoms with Crippen LogP contribution in [-0.4, -0.2) is 5.91 Å². The molecular weight excluding hydrogens is 258 g/mol. The van der Waals surface area contributed by atoms with Gasteiger partial charge in [0.15, 0.2) is 0 Å². The quantitative estimate of drug-likeness (QED) is 0.792. The molecule has 2 aromatic carbocycles. The Morgan fingerprint density at radius 1 is 1.00 bits per heavy atom. The molecule has 0 spiro atoms. The summed E-state index contributed by atoms with van der Waals surface area (Å²) in [7, 11) is 0. The molecule has 0 heterocycles. The summed E-state index contributed by atoms with van der Waals surface area (Å²) in [5.74, 6) is 4.96. The van der Waals surface area contributed by atoms with Crippen molar-refractivity contribution in [1.29, 1.82) is 0 Å². The minimum Gasteiger partial charge on any atom is -0.326 e. The molecule has 0 fully saturated rings. The van der Waals surface area contributed by atoms with Crippen molar-refractivity contribution >= 4 is 11.6 Å². The van der Waals surface area contributed by atoms with Crippen molar-refractivity contribution in [2.24, 2.45) is 0 Å². The van der Waals surface area contributed by atoms with E-state index >= 15 is 0 Å². The Balaban J connectivity index is 0.000000219. The SMILES string of the molecule is C#Cc1cccc(C)c1.C#Cc1cccc(NC(C)=O)c1. The molecule has 1 N–H and O–H groups in total. The molecule has 0 saturated carbocycles. The van der Waals surface area contributed by atoms with E-state index in [2.05, 4.69) is 17.2 Å². The van der Waals surface area contributed by atoms with E-state index in [0.717, 1.165) is 16.8 Å². The van der Waals surface area contributed by atoms with Crippen LogP contribution in [0.3, 0.4) is 0 Å². The van der Waals surface area contributed by atoms with E-state index in [-0.39, 0.29) is 5.91 Å². The Hall–Kier alpha value is -2.97. The van der Waals surface area contributed by atoms with E-state index in [0.29, 0.717) is 0 Å². The molecule has 2 nitrogen and oxygen atoms in total. The van der Waals surface area contributed by atoms with E-state index in [4.69, 9.17) is 12.8 Å². The summed E-state index contributed by atoms with van der Waals surface area (Å²) in [6.07, 6.45) is 10.4. The Morgan fingerprint density at radius 2 is 1.57 bits per heavy atom. The van der Waals surface area contributed by atoms with Crippen molar-refractivity contribution < 1.29 is 4.79 Å². The highest BCUT2D eigenvalue weighted by Crippen LogP contribution is 2.08. The van der Waals surface area contributed by atoms with E-state index in [1.807, 2.05) is 37.3 Å². The second-order valence-corrected chi connectivity index (χ2v) is 4.42. The molecule has 2 heteroatoms. The van der Waals surface area contributed by atoms with Gasteiger partial charge in [-0.05, 0) is 42.8 Å². The number of anilines is 1. The number of carbonyl (C=O) groups is 1. The molecule has 0 aromatic heterocycles. The van der Waals surface area contributed by atoms with E-state index < -0.39 is 0 Å². The van der Waals surface area contributed by atoms with Crippen LogP contribution >= 0.6 is 0 Å². The maximum absolute atomic E-state index is 10.7. The number of amides is 1. The highest BCUT2D eigenvalue weighted by molar-refractivity contribution is 5.88. The van der Waals surface area contributed by atoms with Crippen molar-refractivity contribution in [1.82, 2.24) is 0 Å². The zero-order valence-corrected chi connectivity index (χ0v) is 12.2. The predicted molar refractivity (Wildman–Crippen MR) is 87.8 cm³/mol. The number of rotatable bonds is 1. The minimum absolute atomic E-state index is 0.0934. The van der Waals surface area contributed by atoms with Crippen LogP contribution in [0.15, 0.2) is 48.5 Å². The van der Waals surface area contributed by atoms with Crippen molar-refractivity contribution in [2.45, 2.75) is 13.8 Å². The van der Waals surface area contributed by atoms with Crippen LogP contribution in [0.1, 0.15) is 23.6 Å². The number of terminal acetylenes is 2. The molecule has 0 aliphatic rings. The summed E-state index contributed by atoms with van der Waals surface area (Å²) in [4.78, 5) is 10.7. The van der Waals surface area contributed by atoms with Gasteiger partial charge in [-0.2, -0.15) is 0 Å². The van der Waals surface area contributed by atoms with Gasteiger partial charge in [0, 0.05) is 23.7 Å². The summed E-state index contributed by atoms with van der Waals surface area (Å²) in [5, 5.41) is 2.64. The topological polar surface area (TPSA) is 29.1 Å². The van der Waals surface area contributed by atoms with Gasteiger partial charge in [-0.15, -0.1) is 12.8 Å². The Kier molecular flexibility index (Phi) is 6.32. The molecule has 104 valence electrons. The monoisotopic (exact) mass is 275 g/mol. The third kappa shape index (κ3) is 6.14. The smallest absolute Gasteiger partial charge is 0.221 e.